The van der Waals surface area contributed by atoms with Gasteiger partial charge in [-0.05, 0) is 51.0 Å². The Morgan fingerprint density at radius 1 is 0.939 bits per heavy atom. The van der Waals surface area contributed by atoms with Crippen molar-refractivity contribution in [2.75, 3.05) is 37.7 Å². The van der Waals surface area contributed by atoms with E-state index < -0.39 is 0 Å². The Labute approximate surface area is 196 Å². The fourth-order valence-corrected chi connectivity index (χ4v) is 4.29. The first-order valence-corrected chi connectivity index (χ1v) is 11.5. The van der Waals surface area contributed by atoms with Crippen LogP contribution in [0.25, 0.3) is 0 Å². The molecule has 0 radical (unpaired) electrons. The number of ether oxygens (including phenoxy) is 1. The molecule has 3 aromatic rings. The second kappa shape index (κ2) is 10.0. The van der Waals surface area contributed by atoms with Gasteiger partial charge >= 0.3 is 0 Å². The standard InChI is InChI=1S/C27H32N4O2/c1-19-10-11-20(2)23(16-19)17-25-21(3)28-22(4)29-27(25)31-14-12-30(13-15-31)26(32)18-33-24-8-6-5-7-9-24/h5-11,16H,12-15,17-18H2,1-4H3. The second-order valence-electron chi connectivity index (χ2n) is 8.73. The molecule has 0 unspecified atom stereocenters. The van der Waals surface area contributed by atoms with Crippen molar-refractivity contribution in [3.8, 4) is 5.75 Å². The van der Waals surface area contributed by atoms with Gasteiger partial charge in [-0.25, -0.2) is 9.97 Å². The van der Waals surface area contributed by atoms with Gasteiger partial charge in [-0.3, -0.25) is 4.79 Å². The van der Waals surface area contributed by atoms with Gasteiger partial charge in [-0.2, -0.15) is 0 Å². The van der Waals surface area contributed by atoms with Crippen LogP contribution in [0, 0.1) is 27.7 Å². The van der Waals surface area contributed by atoms with Crippen molar-refractivity contribution < 1.29 is 9.53 Å². The smallest absolute Gasteiger partial charge is 0.260 e. The molecule has 6 nitrogen and oxygen atoms in total. The summed E-state index contributed by atoms with van der Waals surface area (Å²) in [5, 5.41) is 0. The van der Waals surface area contributed by atoms with E-state index >= 15 is 0 Å². The summed E-state index contributed by atoms with van der Waals surface area (Å²) in [6.45, 7) is 11.1. The molecule has 1 saturated heterocycles. The first kappa shape index (κ1) is 22.8. The summed E-state index contributed by atoms with van der Waals surface area (Å²) in [6, 6.07) is 16.0. The Morgan fingerprint density at radius 2 is 1.67 bits per heavy atom. The van der Waals surface area contributed by atoms with Gasteiger partial charge in [0.05, 0.1) is 0 Å². The summed E-state index contributed by atoms with van der Waals surface area (Å²) >= 11 is 0. The van der Waals surface area contributed by atoms with Crippen LogP contribution in [0.2, 0.25) is 0 Å². The Bertz CT molecular complexity index is 1120. The van der Waals surface area contributed by atoms with Crippen molar-refractivity contribution in [2.45, 2.75) is 34.1 Å². The number of aromatic nitrogens is 2. The molecule has 1 aliphatic rings. The van der Waals surface area contributed by atoms with E-state index in [9.17, 15) is 4.79 Å². The molecule has 6 heteroatoms. The number of anilines is 1. The predicted molar refractivity (Wildman–Crippen MR) is 131 cm³/mol. The maximum absolute atomic E-state index is 12.7. The van der Waals surface area contributed by atoms with Crippen LogP contribution in [0.4, 0.5) is 5.82 Å². The SMILES string of the molecule is Cc1ccc(C)c(Cc2c(C)nc(C)nc2N2CCN(C(=O)COc3ccccc3)CC2)c1. The van der Waals surface area contributed by atoms with E-state index in [1.54, 1.807) is 0 Å². The molecule has 0 spiro atoms. The molecule has 4 rings (SSSR count). The highest BCUT2D eigenvalue weighted by atomic mass is 16.5. The highest BCUT2D eigenvalue weighted by Gasteiger charge is 2.25. The zero-order chi connectivity index (χ0) is 23.4. The number of para-hydroxylation sites is 1. The third-order valence-corrected chi connectivity index (χ3v) is 6.21. The van der Waals surface area contributed by atoms with Gasteiger partial charge < -0.3 is 14.5 Å². The number of hydrogen-bond acceptors (Lipinski definition) is 5. The third kappa shape index (κ3) is 5.51. The molecule has 0 atom stereocenters. The van der Waals surface area contributed by atoms with E-state index in [0.717, 1.165) is 36.8 Å². The van der Waals surface area contributed by atoms with Gasteiger partial charge in [0.2, 0.25) is 0 Å². The monoisotopic (exact) mass is 444 g/mol. The molecule has 1 amide bonds. The molecular weight excluding hydrogens is 412 g/mol. The maximum atomic E-state index is 12.7. The van der Waals surface area contributed by atoms with Crippen LogP contribution in [0.15, 0.2) is 48.5 Å². The Kier molecular flexibility index (Phi) is 6.92. The van der Waals surface area contributed by atoms with Gasteiger partial charge in [-0.1, -0.05) is 42.0 Å². The zero-order valence-electron chi connectivity index (χ0n) is 20.0. The molecule has 1 fully saturated rings. The molecular formula is C27H32N4O2. The van der Waals surface area contributed by atoms with Crippen LogP contribution in [-0.4, -0.2) is 53.6 Å². The van der Waals surface area contributed by atoms with Crippen molar-refractivity contribution >= 4 is 11.7 Å². The number of carbonyl (C=O) groups is 1. The minimum atomic E-state index is 0.0177. The van der Waals surface area contributed by atoms with E-state index in [2.05, 4.69) is 48.9 Å². The lowest BCUT2D eigenvalue weighted by Gasteiger charge is -2.36. The van der Waals surface area contributed by atoms with Crippen LogP contribution in [0.3, 0.4) is 0 Å². The number of rotatable bonds is 6. The molecule has 172 valence electrons. The third-order valence-electron chi connectivity index (χ3n) is 6.21. The first-order valence-electron chi connectivity index (χ1n) is 11.5. The lowest BCUT2D eigenvalue weighted by Crippen LogP contribution is -2.50. The molecule has 33 heavy (non-hydrogen) atoms. The number of aryl methyl sites for hydroxylation is 4. The summed E-state index contributed by atoms with van der Waals surface area (Å²) < 4.78 is 5.64. The van der Waals surface area contributed by atoms with Crippen LogP contribution in [0.5, 0.6) is 5.75 Å². The maximum Gasteiger partial charge on any atom is 0.260 e. The number of nitrogens with zero attached hydrogens (tertiary/aromatic N) is 4. The largest absolute Gasteiger partial charge is 0.484 e. The van der Waals surface area contributed by atoms with Crippen LogP contribution in [0.1, 0.15) is 33.8 Å². The highest BCUT2D eigenvalue weighted by Crippen LogP contribution is 2.26. The van der Waals surface area contributed by atoms with Crippen LogP contribution < -0.4 is 9.64 Å². The molecule has 1 aliphatic heterocycles. The van der Waals surface area contributed by atoms with Crippen molar-refractivity contribution in [3.63, 3.8) is 0 Å². The van der Waals surface area contributed by atoms with Gasteiger partial charge in [-0.15, -0.1) is 0 Å². The van der Waals surface area contributed by atoms with Gasteiger partial charge in [0, 0.05) is 43.9 Å². The van der Waals surface area contributed by atoms with E-state index in [-0.39, 0.29) is 12.5 Å². The molecule has 0 N–H and O–H groups in total. The summed E-state index contributed by atoms with van der Waals surface area (Å²) in [5.74, 6) is 2.51. The Hall–Kier alpha value is -3.41. The van der Waals surface area contributed by atoms with Crippen molar-refractivity contribution in [3.05, 3.63) is 82.3 Å². The van der Waals surface area contributed by atoms with Crippen molar-refractivity contribution in [1.29, 1.82) is 0 Å². The van der Waals surface area contributed by atoms with Crippen LogP contribution in [-0.2, 0) is 11.2 Å². The minimum absolute atomic E-state index is 0.0177. The number of benzene rings is 2. The molecule has 1 aromatic heterocycles. The van der Waals surface area contributed by atoms with Crippen molar-refractivity contribution in [2.24, 2.45) is 0 Å². The quantitative estimate of drug-likeness (QED) is 0.575. The summed E-state index contributed by atoms with van der Waals surface area (Å²) in [6.07, 6.45) is 0.805. The fourth-order valence-electron chi connectivity index (χ4n) is 4.29. The number of piperazine rings is 1. The van der Waals surface area contributed by atoms with Gasteiger partial charge in [0.25, 0.3) is 5.91 Å². The number of amides is 1. The molecule has 2 heterocycles. The highest BCUT2D eigenvalue weighted by molar-refractivity contribution is 5.78. The number of carbonyl (C=O) groups excluding carboxylic acids is 1. The average Bonchev–Trinajstić information content (AvgIpc) is 2.82. The lowest BCUT2D eigenvalue weighted by atomic mass is 9.97. The lowest BCUT2D eigenvalue weighted by molar-refractivity contribution is -0.133. The molecule has 0 saturated carbocycles. The van der Waals surface area contributed by atoms with Crippen LogP contribution >= 0.6 is 0 Å². The second-order valence-corrected chi connectivity index (χ2v) is 8.73. The number of hydrogen-bond donors (Lipinski definition) is 0. The summed E-state index contributed by atoms with van der Waals surface area (Å²) in [7, 11) is 0. The summed E-state index contributed by atoms with van der Waals surface area (Å²) in [5.41, 5.74) is 6.03. The van der Waals surface area contributed by atoms with E-state index in [0.29, 0.717) is 18.8 Å². The molecule has 2 aromatic carbocycles. The van der Waals surface area contributed by atoms with Gasteiger partial charge in [0.15, 0.2) is 6.61 Å². The minimum Gasteiger partial charge on any atom is -0.484 e. The predicted octanol–water partition coefficient (Wildman–Crippen LogP) is 4.03. The van der Waals surface area contributed by atoms with E-state index in [1.165, 1.54) is 22.3 Å². The van der Waals surface area contributed by atoms with Crippen molar-refractivity contribution in [1.82, 2.24) is 14.9 Å². The zero-order valence-corrected chi connectivity index (χ0v) is 20.0. The topological polar surface area (TPSA) is 58.6 Å². The molecule has 0 bridgehead atoms. The summed E-state index contributed by atoms with van der Waals surface area (Å²) in [4.78, 5) is 26.3. The average molecular weight is 445 g/mol. The Morgan fingerprint density at radius 3 is 2.39 bits per heavy atom. The fraction of sp³-hybridized carbons (Fsp3) is 0.370. The van der Waals surface area contributed by atoms with Gasteiger partial charge in [0.1, 0.15) is 17.4 Å². The first-order chi connectivity index (χ1) is 15.9. The Balaban J connectivity index is 1.45. The normalized spacial score (nSPS) is 13.8. The van der Waals surface area contributed by atoms with E-state index in [4.69, 9.17) is 9.72 Å². The molecule has 0 aliphatic carbocycles. The van der Waals surface area contributed by atoms with E-state index in [1.807, 2.05) is 42.2 Å².